The van der Waals surface area contributed by atoms with E-state index in [0.29, 0.717) is 12.0 Å². The maximum atomic E-state index is 5.71. The number of hydrogen-bond acceptors (Lipinski definition) is 4. The van der Waals surface area contributed by atoms with Crippen molar-refractivity contribution in [3.63, 3.8) is 0 Å². The van der Waals surface area contributed by atoms with Gasteiger partial charge in [-0.15, -0.1) is 11.3 Å². The van der Waals surface area contributed by atoms with Gasteiger partial charge in [-0.3, -0.25) is 11.3 Å². The van der Waals surface area contributed by atoms with Crippen molar-refractivity contribution in [1.82, 2.24) is 10.4 Å². The largest absolute Gasteiger partial charge is 0.271 e. The summed E-state index contributed by atoms with van der Waals surface area (Å²) in [4.78, 5) is 4.69. The number of rotatable bonds is 5. The zero-order chi connectivity index (χ0) is 12.5. The first-order valence-corrected chi connectivity index (χ1v) is 7.40. The molecule has 3 nitrogen and oxygen atoms in total. The third-order valence-electron chi connectivity index (χ3n) is 3.95. The summed E-state index contributed by atoms with van der Waals surface area (Å²) in [5.74, 6) is 7.21. The van der Waals surface area contributed by atoms with E-state index in [1.54, 1.807) is 11.3 Å². The van der Waals surface area contributed by atoms with Gasteiger partial charge in [0.15, 0.2) is 0 Å². The minimum absolute atomic E-state index is 0.345. The summed E-state index contributed by atoms with van der Waals surface area (Å²) in [6.07, 6.45) is 3.66. The molecule has 0 amide bonds. The Kier molecular flexibility index (Phi) is 3.33. The monoisotopic (exact) mass is 261 g/mol. The average Bonchev–Trinajstić information content (AvgIpc) is 3.15. The summed E-state index contributed by atoms with van der Waals surface area (Å²) >= 11 is 1.78. The van der Waals surface area contributed by atoms with E-state index in [2.05, 4.69) is 35.5 Å². The van der Waals surface area contributed by atoms with Gasteiger partial charge in [0.05, 0.1) is 15.2 Å². The van der Waals surface area contributed by atoms with Crippen LogP contribution in [0.2, 0.25) is 0 Å². The first kappa shape index (κ1) is 12.1. The molecule has 2 unspecified atom stereocenters. The standard InChI is InChI=1S/C14H19N3S/c1-9(10-6-7-10)12(17-15)8-14-16-11-4-2-3-5-13(11)18-14/h2-5,9-10,12,17H,6-8,15H2,1H3. The number of benzene rings is 1. The molecule has 0 radical (unpaired) electrons. The fraction of sp³-hybridized carbons (Fsp3) is 0.500. The van der Waals surface area contributed by atoms with Gasteiger partial charge in [0.2, 0.25) is 0 Å². The zero-order valence-corrected chi connectivity index (χ0v) is 11.4. The molecular weight excluding hydrogens is 242 g/mol. The highest BCUT2D eigenvalue weighted by molar-refractivity contribution is 7.18. The van der Waals surface area contributed by atoms with Crippen molar-refractivity contribution in [2.45, 2.75) is 32.2 Å². The third-order valence-corrected chi connectivity index (χ3v) is 5.01. The number of hydrazine groups is 1. The molecule has 1 aliphatic carbocycles. The molecule has 3 N–H and O–H groups in total. The first-order valence-electron chi connectivity index (χ1n) is 6.58. The van der Waals surface area contributed by atoms with Crippen LogP contribution in [0.3, 0.4) is 0 Å². The van der Waals surface area contributed by atoms with Crippen LogP contribution in [0.1, 0.15) is 24.8 Å². The van der Waals surface area contributed by atoms with Crippen LogP contribution in [0.15, 0.2) is 24.3 Å². The van der Waals surface area contributed by atoms with E-state index in [-0.39, 0.29) is 0 Å². The maximum absolute atomic E-state index is 5.71. The van der Waals surface area contributed by atoms with Crippen molar-refractivity contribution in [3.8, 4) is 0 Å². The van der Waals surface area contributed by atoms with Crippen LogP contribution < -0.4 is 11.3 Å². The molecular formula is C14H19N3S. The fourth-order valence-electron chi connectivity index (χ4n) is 2.54. The molecule has 2 atom stereocenters. The molecule has 1 heterocycles. The van der Waals surface area contributed by atoms with Crippen LogP contribution in [0.5, 0.6) is 0 Å². The Morgan fingerprint density at radius 2 is 2.22 bits per heavy atom. The van der Waals surface area contributed by atoms with Gasteiger partial charge < -0.3 is 0 Å². The predicted octanol–water partition coefficient (Wildman–Crippen LogP) is 2.72. The van der Waals surface area contributed by atoms with Gasteiger partial charge in [0, 0.05) is 12.5 Å². The average molecular weight is 261 g/mol. The Morgan fingerprint density at radius 1 is 1.44 bits per heavy atom. The highest BCUT2D eigenvalue weighted by Crippen LogP contribution is 2.39. The lowest BCUT2D eigenvalue weighted by molar-refractivity contribution is 0.343. The van der Waals surface area contributed by atoms with Crippen LogP contribution >= 0.6 is 11.3 Å². The number of nitrogens with one attached hydrogen (secondary N) is 1. The predicted molar refractivity (Wildman–Crippen MR) is 76.3 cm³/mol. The van der Waals surface area contributed by atoms with E-state index in [4.69, 9.17) is 5.84 Å². The van der Waals surface area contributed by atoms with Crippen LogP contribution in [0.4, 0.5) is 0 Å². The van der Waals surface area contributed by atoms with E-state index < -0.39 is 0 Å². The van der Waals surface area contributed by atoms with Gasteiger partial charge in [-0.1, -0.05) is 19.1 Å². The highest BCUT2D eigenvalue weighted by atomic mass is 32.1. The Balaban J connectivity index is 1.77. The minimum Gasteiger partial charge on any atom is -0.271 e. The molecule has 1 fully saturated rings. The van der Waals surface area contributed by atoms with Gasteiger partial charge in [0.1, 0.15) is 0 Å². The maximum Gasteiger partial charge on any atom is 0.0954 e. The van der Waals surface area contributed by atoms with E-state index in [9.17, 15) is 0 Å². The minimum atomic E-state index is 0.345. The number of fused-ring (bicyclic) bond motifs is 1. The molecule has 18 heavy (non-hydrogen) atoms. The Morgan fingerprint density at radius 3 is 2.89 bits per heavy atom. The molecule has 96 valence electrons. The smallest absolute Gasteiger partial charge is 0.0954 e. The Labute approximate surface area is 111 Å². The molecule has 2 aromatic rings. The van der Waals surface area contributed by atoms with Crippen molar-refractivity contribution in [1.29, 1.82) is 0 Å². The van der Waals surface area contributed by atoms with Crippen LogP contribution in [-0.4, -0.2) is 11.0 Å². The van der Waals surface area contributed by atoms with E-state index in [0.717, 1.165) is 17.9 Å². The van der Waals surface area contributed by atoms with Crippen molar-refractivity contribution >= 4 is 21.6 Å². The molecule has 1 aromatic heterocycles. The van der Waals surface area contributed by atoms with Crippen LogP contribution in [-0.2, 0) is 6.42 Å². The molecule has 1 aromatic carbocycles. The normalized spacial score (nSPS) is 19.0. The van der Waals surface area contributed by atoms with Crippen LogP contribution in [0.25, 0.3) is 10.2 Å². The highest BCUT2D eigenvalue weighted by Gasteiger charge is 2.33. The van der Waals surface area contributed by atoms with E-state index >= 15 is 0 Å². The van der Waals surface area contributed by atoms with Crippen LogP contribution in [0, 0.1) is 11.8 Å². The number of nitrogens with two attached hydrogens (primary N) is 1. The van der Waals surface area contributed by atoms with Gasteiger partial charge in [-0.05, 0) is 36.8 Å². The van der Waals surface area contributed by atoms with Gasteiger partial charge in [0.25, 0.3) is 0 Å². The summed E-state index contributed by atoms with van der Waals surface area (Å²) in [7, 11) is 0. The second kappa shape index (κ2) is 4.96. The molecule has 0 aliphatic heterocycles. The van der Waals surface area contributed by atoms with Crippen molar-refractivity contribution < 1.29 is 0 Å². The molecule has 1 saturated carbocycles. The summed E-state index contributed by atoms with van der Waals surface area (Å²) in [6.45, 7) is 2.30. The molecule has 3 rings (SSSR count). The summed E-state index contributed by atoms with van der Waals surface area (Å²) in [6, 6.07) is 8.65. The lowest BCUT2D eigenvalue weighted by Crippen LogP contribution is -2.42. The molecule has 4 heteroatoms. The second-order valence-electron chi connectivity index (χ2n) is 5.25. The van der Waals surface area contributed by atoms with Crippen molar-refractivity contribution in [2.24, 2.45) is 17.7 Å². The second-order valence-corrected chi connectivity index (χ2v) is 6.36. The topological polar surface area (TPSA) is 50.9 Å². The summed E-state index contributed by atoms with van der Waals surface area (Å²) in [5.41, 5.74) is 4.09. The zero-order valence-electron chi connectivity index (χ0n) is 10.6. The van der Waals surface area contributed by atoms with E-state index in [1.807, 2.05) is 6.07 Å². The lowest BCUT2D eigenvalue weighted by Gasteiger charge is -2.21. The molecule has 0 bridgehead atoms. The van der Waals surface area contributed by atoms with Gasteiger partial charge in [-0.25, -0.2) is 4.98 Å². The molecule has 0 saturated heterocycles. The van der Waals surface area contributed by atoms with Crippen molar-refractivity contribution in [3.05, 3.63) is 29.3 Å². The SMILES string of the molecule is CC(C1CC1)C(Cc1nc2ccccc2s1)NN. The van der Waals surface area contributed by atoms with E-state index in [1.165, 1.54) is 22.5 Å². The first-order chi connectivity index (χ1) is 8.78. The third kappa shape index (κ3) is 2.41. The fourth-order valence-corrected chi connectivity index (χ4v) is 3.57. The quantitative estimate of drug-likeness (QED) is 0.643. The number of nitrogens with zero attached hydrogens (tertiary/aromatic N) is 1. The van der Waals surface area contributed by atoms with Crippen molar-refractivity contribution in [2.75, 3.05) is 0 Å². The van der Waals surface area contributed by atoms with Gasteiger partial charge >= 0.3 is 0 Å². The number of para-hydroxylation sites is 1. The summed E-state index contributed by atoms with van der Waals surface area (Å²) < 4.78 is 1.27. The number of aromatic nitrogens is 1. The van der Waals surface area contributed by atoms with Gasteiger partial charge in [-0.2, -0.15) is 0 Å². The molecule has 0 spiro atoms. The Hall–Kier alpha value is -0.970. The summed E-state index contributed by atoms with van der Waals surface area (Å²) in [5, 5.41) is 1.19. The molecule has 1 aliphatic rings. The number of thiazole rings is 1. The lowest BCUT2D eigenvalue weighted by atomic mass is 9.95. The number of hydrogen-bond donors (Lipinski definition) is 2. The Bertz CT molecular complexity index is 500.